The molecule has 2 rings (SSSR count). The van der Waals surface area contributed by atoms with Crippen molar-refractivity contribution in [1.82, 2.24) is 9.71 Å². The van der Waals surface area contributed by atoms with E-state index in [2.05, 4.69) is 9.71 Å². The standard InChI is InChI=1S/C15H17N3O3S/c1-10-3-4-13(9-14(10)15(16)19)22(20,21)18-11(2)12-5-7-17-8-6-12/h3-9,11,18H,1-2H3,(H2,16,19)/t11-/m0/s1. The maximum absolute atomic E-state index is 12.4. The Kier molecular flexibility index (Phi) is 4.58. The number of rotatable bonds is 5. The number of hydrogen-bond donors (Lipinski definition) is 2. The minimum Gasteiger partial charge on any atom is -0.366 e. The summed E-state index contributed by atoms with van der Waals surface area (Å²) in [7, 11) is -3.76. The summed E-state index contributed by atoms with van der Waals surface area (Å²) in [5, 5.41) is 0. The molecule has 1 amide bonds. The molecular formula is C15H17N3O3S. The number of carbonyl (C=O) groups excluding carboxylic acids is 1. The molecular weight excluding hydrogens is 302 g/mol. The van der Waals surface area contributed by atoms with Crippen LogP contribution in [0.1, 0.15) is 34.5 Å². The molecule has 0 fully saturated rings. The quantitative estimate of drug-likeness (QED) is 0.872. The SMILES string of the molecule is Cc1ccc(S(=O)(=O)N[C@@H](C)c2ccncc2)cc1C(N)=O. The summed E-state index contributed by atoms with van der Waals surface area (Å²) in [5.74, 6) is -0.656. The van der Waals surface area contributed by atoms with Crippen molar-refractivity contribution < 1.29 is 13.2 Å². The topological polar surface area (TPSA) is 102 Å². The Morgan fingerprint density at radius 3 is 2.45 bits per heavy atom. The van der Waals surface area contributed by atoms with Crippen LogP contribution in [0.4, 0.5) is 0 Å². The van der Waals surface area contributed by atoms with E-state index in [1.165, 1.54) is 12.1 Å². The molecule has 1 aromatic carbocycles. The van der Waals surface area contributed by atoms with Gasteiger partial charge in [0.15, 0.2) is 0 Å². The second-order valence-corrected chi connectivity index (χ2v) is 6.68. The lowest BCUT2D eigenvalue weighted by Crippen LogP contribution is -2.27. The van der Waals surface area contributed by atoms with Crippen molar-refractivity contribution in [3.63, 3.8) is 0 Å². The molecule has 0 aliphatic carbocycles. The van der Waals surface area contributed by atoms with Crippen LogP contribution in [0.2, 0.25) is 0 Å². The smallest absolute Gasteiger partial charge is 0.249 e. The van der Waals surface area contributed by atoms with Crippen molar-refractivity contribution in [3.8, 4) is 0 Å². The molecule has 7 heteroatoms. The van der Waals surface area contributed by atoms with Gasteiger partial charge in [0.1, 0.15) is 0 Å². The Labute approximate surface area is 129 Å². The van der Waals surface area contributed by atoms with Crippen LogP contribution in [0.15, 0.2) is 47.6 Å². The van der Waals surface area contributed by atoms with Crippen LogP contribution < -0.4 is 10.5 Å². The van der Waals surface area contributed by atoms with Gasteiger partial charge in [0.25, 0.3) is 0 Å². The Balaban J connectivity index is 2.31. The number of aromatic nitrogens is 1. The van der Waals surface area contributed by atoms with Gasteiger partial charge in [-0.15, -0.1) is 0 Å². The maximum Gasteiger partial charge on any atom is 0.249 e. The number of nitrogens with one attached hydrogen (secondary N) is 1. The van der Waals surface area contributed by atoms with Crippen molar-refractivity contribution in [1.29, 1.82) is 0 Å². The molecule has 0 unspecified atom stereocenters. The summed E-state index contributed by atoms with van der Waals surface area (Å²) in [4.78, 5) is 15.2. The molecule has 6 nitrogen and oxygen atoms in total. The molecule has 0 aliphatic heterocycles. The molecule has 3 N–H and O–H groups in total. The minimum absolute atomic E-state index is 0.00723. The number of amides is 1. The van der Waals surface area contributed by atoms with Crippen molar-refractivity contribution in [2.75, 3.05) is 0 Å². The second-order valence-electron chi connectivity index (χ2n) is 4.96. The second kappa shape index (κ2) is 6.25. The fraction of sp³-hybridized carbons (Fsp3) is 0.200. The van der Waals surface area contributed by atoms with Gasteiger partial charge in [0.2, 0.25) is 15.9 Å². The molecule has 0 aliphatic rings. The van der Waals surface area contributed by atoms with Gasteiger partial charge < -0.3 is 5.73 Å². The highest BCUT2D eigenvalue weighted by Gasteiger charge is 2.20. The summed E-state index contributed by atoms with van der Waals surface area (Å²) in [5.41, 5.74) is 6.88. The van der Waals surface area contributed by atoms with E-state index in [1.54, 1.807) is 44.4 Å². The predicted molar refractivity (Wildman–Crippen MR) is 82.7 cm³/mol. The van der Waals surface area contributed by atoms with E-state index in [0.29, 0.717) is 5.56 Å². The van der Waals surface area contributed by atoms with Gasteiger partial charge >= 0.3 is 0 Å². The largest absolute Gasteiger partial charge is 0.366 e. The molecule has 22 heavy (non-hydrogen) atoms. The highest BCUT2D eigenvalue weighted by Crippen LogP contribution is 2.19. The van der Waals surface area contributed by atoms with E-state index in [9.17, 15) is 13.2 Å². The Bertz CT molecular complexity index is 789. The third kappa shape index (κ3) is 3.49. The van der Waals surface area contributed by atoms with E-state index in [1.807, 2.05) is 0 Å². The number of nitrogens with two attached hydrogens (primary N) is 1. The monoisotopic (exact) mass is 319 g/mol. The van der Waals surface area contributed by atoms with Crippen molar-refractivity contribution >= 4 is 15.9 Å². The zero-order valence-corrected chi connectivity index (χ0v) is 13.1. The lowest BCUT2D eigenvalue weighted by molar-refractivity contribution is 0.0999. The van der Waals surface area contributed by atoms with E-state index in [0.717, 1.165) is 5.56 Å². The first kappa shape index (κ1) is 16.1. The molecule has 0 radical (unpaired) electrons. The summed E-state index contributed by atoms with van der Waals surface area (Å²) < 4.78 is 27.4. The van der Waals surface area contributed by atoms with Gasteiger partial charge in [-0.25, -0.2) is 13.1 Å². The molecule has 1 aromatic heterocycles. The fourth-order valence-electron chi connectivity index (χ4n) is 2.05. The van der Waals surface area contributed by atoms with E-state index in [-0.39, 0.29) is 10.5 Å². The molecule has 0 saturated heterocycles. The summed E-state index contributed by atoms with van der Waals surface area (Å²) in [6.07, 6.45) is 3.19. The lowest BCUT2D eigenvalue weighted by Gasteiger charge is -2.15. The highest BCUT2D eigenvalue weighted by molar-refractivity contribution is 7.89. The van der Waals surface area contributed by atoms with E-state index in [4.69, 9.17) is 5.73 Å². The van der Waals surface area contributed by atoms with Crippen LogP contribution >= 0.6 is 0 Å². The predicted octanol–water partition coefficient (Wildman–Crippen LogP) is 1.53. The molecule has 116 valence electrons. The zero-order valence-electron chi connectivity index (χ0n) is 12.3. The lowest BCUT2D eigenvalue weighted by atomic mass is 10.1. The van der Waals surface area contributed by atoms with Crippen LogP contribution in [-0.4, -0.2) is 19.3 Å². The molecule has 1 atom stereocenters. The number of pyridine rings is 1. The number of carbonyl (C=O) groups is 1. The van der Waals surface area contributed by atoms with Gasteiger partial charge in [-0.2, -0.15) is 0 Å². The molecule has 0 spiro atoms. The summed E-state index contributed by atoms with van der Waals surface area (Å²) in [6.45, 7) is 3.43. The van der Waals surface area contributed by atoms with Gasteiger partial charge in [0, 0.05) is 24.0 Å². The van der Waals surface area contributed by atoms with Crippen molar-refractivity contribution in [2.24, 2.45) is 5.73 Å². The first-order valence-electron chi connectivity index (χ1n) is 6.64. The zero-order chi connectivity index (χ0) is 16.3. The van der Waals surface area contributed by atoms with Crippen LogP contribution in [0.3, 0.4) is 0 Å². The highest BCUT2D eigenvalue weighted by atomic mass is 32.2. The normalized spacial score (nSPS) is 12.8. The van der Waals surface area contributed by atoms with Crippen LogP contribution in [-0.2, 0) is 10.0 Å². The Morgan fingerprint density at radius 2 is 1.86 bits per heavy atom. The summed E-state index contributed by atoms with van der Waals surface area (Å²) >= 11 is 0. The molecule has 1 heterocycles. The number of benzene rings is 1. The summed E-state index contributed by atoms with van der Waals surface area (Å²) in [6, 6.07) is 7.34. The fourth-order valence-corrected chi connectivity index (χ4v) is 3.31. The molecule has 0 bridgehead atoms. The minimum atomic E-state index is -3.76. The molecule has 2 aromatic rings. The van der Waals surface area contributed by atoms with Crippen molar-refractivity contribution in [2.45, 2.75) is 24.8 Å². The average Bonchev–Trinajstić information content (AvgIpc) is 2.47. The van der Waals surface area contributed by atoms with Crippen LogP contribution in [0.25, 0.3) is 0 Å². The first-order valence-corrected chi connectivity index (χ1v) is 8.12. The third-order valence-electron chi connectivity index (χ3n) is 3.32. The average molecular weight is 319 g/mol. The third-order valence-corrected chi connectivity index (χ3v) is 4.86. The van der Waals surface area contributed by atoms with E-state index >= 15 is 0 Å². The number of hydrogen-bond acceptors (Lipinski definition) is 4. The Morgan fingerprint density at radius 1 is 1.23 bits per heavy atom. The van der Waals surface area contributed by atoms with Gasteiger partial charge in [0.05, 0.1) is 4.90 Å². The van der Waals surface area contributed by atoms with Crippen molar-refractivity contribution in [3.05, 3.63) is 59.4 Å². The van der Waals surface area contributed by atoms with Gasteiger partial charge in [-0.1, -0.05) is 6.07 Å². The number of nitrogens with zero attached hydrogens (tertiary/aromatic N) is 1. The van der Waals surface area contributed by atoms with Gasteiger partial charge in [-0.3, -0.25) is 9.78 Å². The molecule has 0 saturated carbocycles. The van der Waals surface area contributed by atoms with Crippen LogP contribution in [0.5, 0.6) is 0 Å². The maximum atomic E-state index is 12.4. The number of primary amides is 1. The van der Waals surface area contributed by atoms with Gasteiger partial charge in [-0.05, 0) is 49.2 Å². The Hall–Kier alpha value is -2.25. The van der Waals surface area contributed by atoms with Crippen LogP contribution in [0, 0.1) is 6.92 Å². The number of aryl methyl sites for hydroxylation is 1. The van der Waals surface area contributed by atoms with E-state index < -0.39 is 22.0 Å². The number of sulfonamides is 1. The first-order chi connectivity index (χ1) is 10.3.